The van der Waals surface area contributed by atoms with Gasteiger partial charge < -0.3 is 39.0 Å². The Morgan fingerprint density at radius 1 is 0.840 bits per heavy atom. The molecule has 1 aliphatic heterocycles. The van der Waals surface area contributed by atoms with Crippen LogP contribution in [0.3, 0.4) is 0 Å². The minimum atomic E-state index is -1.84. The third-order valence-electron chi connectivity index (χ3n) is 11.5. The van der Waals surface area contributed by atoms with Crippen LogP contribution < -0.4 is 0 Å². The van der Waals surface area contributed by atoms with Crippen molar-refractivity contribution in [1.29, 1.82) is 0 Å². The van der Waals surface area contributed by atoms with Gasteiger partial charge in [-0.3, -0.25) is 9.59 Å². The van der Waals surface area contributed by atoms with Gasteiger partial charge in [-0.2, -0.15) is 0 Å². The average Bonchev–Trinajstić information content (AvgIpc) is 3.30. The van der Waals surface area contributed by atoms with Crippen LogP contribution in [0.5, 0.6) is 0 Å². The van der Waals surface area contributed by atoms with E-state index in [1.54, 1.807) is 74.5 Å². The van der Waals surface area contributed by atoms with Crippen molar-refractivity contribution < 1.29 is 58.2 Å². The Kier molecular flexibility index (Phi) is 8.99. The van der Waals surface area contributed by atoms with Gasteiger partial charge in [0, 0.05) is 20.3 Å². The minimum absolute atomic E-state index is 0.0263. The summed E-state index contributed by atoms with van der Waals surface area (Å²) in [5.74, 6) is -4.22. The van der Waals surface area contributed by atoms with Crippen molar-refractivity contribution in [2.75, 3.05) is 6.61 Å². The summed E-state index contributed by atoms with van der Waals surface area (Å²) in [5, 5.41) is 36.6. The average molecular weight is 693 g/mol. The predicted octanol–water partition coefficient (Wildman–Crippen LogP) is 3.31. The Labute approximate surface area is 290 Å². The Bertz CT molecular complexity index is 1700. The van der Waals surface area contributed by atoms with Crippen LogP contribution in [0.2, 0.25) is 0 Å². The van der Waals surface area contributed by atoms with Gasteiger partial charge in [-0.15, -0.1) is 0 Å². The van der Waals surface area contributed by atoms with Crippen molar-refractivity contribution in [2.24, 2.45) is 16.7 Å². The van der Waals surface area contributed by atoms with Crippen molar-refractivity contribution in [3.63, 3.8) is 0 Å². The summed E-state index contributed by atoms with van der Waals surface area (Å²) in [5.41, 5.74) is -6.11. The molecule has 2 saturated carbocycles. The lowest BCUT2D eigenvalue weighted by atomic mass is 9.49. The Balaban J connectivity index is 1.69. The first-order valence-electron chi connectivity index (χ1n) is 16.8. The van der Waals surface area contributed by atoms with E-state index in [9.17, 15) is 34.5 Å². The Morgan fingerprint density at radius 3 is 1.84 bits per heavy atom. The SMILES string of the molecule is CC(=O)O[C@H]1C[C@H]2OC[C@@]2(OC(C)=O)C2[C@@H](OC(=O)c3ccccc3)[C@]3(C(C)(C)O)C[C@H](O)C(C)=C3[C@@H](O)[C@@H](OC(=O)c3ccccc3)[C@]21C. The molecule has 1 saturated heterocycles. The Morgan fingerprint density at radius 2 is 1.38 bits per heavy atom. The highest BCUT2D eigenvalue weighted by Crippen LogP contribution is 2.68. The molecule has 0 radical (unpaired) electrons. The summed E-state index contributed by atoms with van der Waals surface area (Å²) in [6.45, 7) is 8.48. The molecule has 12 heteroatoms. The van der Waals surface area contributed by atoms with Crippen LogP contribution in [0.4, 0.5) is 0 Å². The van der Waals surface area contributed by atoms with Gasteiger partial charge in [0.2, 0.25) is 0 Å². The van der Waals surface area contributed by atoms with Gasteiger partial charge in [-0.25, -0.2) is 9.59 Å². The smallest absolute Gasteiger partial charge is 0.338 e. The van der Waals surface area contributed by atoms with Gasteiger partial charge in [0.25, 0.3) is 0 Å². The normalized spacial score (nSPS) is 36.1. The topological polar surface area (TPSA) is 175 Å². The zero-order valence-corrected chi connectivity index (χ0v) is 29.0. The maximum Gasteiger partial charge on any atom is 0.338 e. The quantitative estimate of drug-likeness (QED) is 0.220. The first-order valence-corrected chi connectivity index (χ1v) is 16.8. The number of hydrogen-bond donors (Lipinski definition) is 3. The van der Waals surface area contributed by atoms with E-state index < -0.39 is 88.5 Å². The van der Waals surface area contributed by atoms with E-state index in [1.807, 2.05) is 0 Å². The van der Waals surface area contributed by atoms with E-state index in [4.69, 9.17) is 23.7 Å². The zero-order chi connectivity index (χ0) is 36.4. The molecule has 6 rings (SSSR count). The fourth-order valence-corrected chi connectivity index (χ4v) is 9.29. The van der Waals surface area contributed by atoms with Crippen LogP contribution in [0.1, 0.15) is 75.1 Å². The number of esters is 4. The number of aliphatic hydroxyl groups is 3. The summed E-state index contributed by atoms with van der Waals surface area (Å²) < 4.78 is 31.0. The number of hydrogen-bond acceptors (Lipinski definition) is 12. The van der Waals surface area contributed by atoms with E-state index in [0.717, 1.165) is 0 Å². The highest BCUT2D eigenvalue weighted by molar-refractivity contribution is 5.90. The van der Waals surface area contributed by atoms with Crippen LogP contribution >= 0.6 is 0 Å². The molecule has 0 bridgehead atoms. The van der Waals surface area contributed by atoms with Gasteiger partial charge in [0.1, 0.15) is 30.5 Å². The third-order valence-corrected chi connectivity index (χ3v) is 11.5. The molecule has 0 amide bonds. The lowest BCUT2D eigenvalue weighted by Gasteiger charge is -2.65. The minimum Gasteiger partial charge on any atom is -0.462 e. The second-order valence-electron chi connectivity index (χ2n) is 14.7. The van der Waals surface area contributed by atoms with Crippen molar-refractivity contribution in [3.05, 3.63) is 82.9 Å². The second-order valence-corrected chi connectivity index (χ2v) is 14.7. The molecule has 3 fully saturated rings. The molecule has 1 unspecified atom stereocenters. The molecule has 3 aliphatic carbocycles. The first kappa shape index (κ1) is 35.7. The molecule has 2 aromatic rings. The van der Waals surface area contributed by atoms with Gasteiger partial charge in [-0.05, 0) is 62.6 Å². The second kappa shape index (κ2) is 12.6. The number of carbonyl (C=O) groups is 4. The van der Waals surface area contributed by atoms with E-state index in [1.165, 1.54) is 27.7 Å². The third kappa shape index (κ3) is 5.35. The standard InChI is InChI=1S/C38H44O12/c1-20-25(41)18-37(35(4,5)45)28(20)29(42)31(48-33(43)23-13-9-7-10-14-23)36(6)26(47-21(2)39)17-27-38(19-46-27,50-22(3)40)30(36)32(37)49-34(44)24-15-11-8-12-16-24/h7-16,25-27,29-32,41-42,45H,17-19H2,1-6H3/t25-,26-,27+,29+,30?,31+,32+,36-,37-,38-/m0/s1. The molecule has 2 aromatic carbocycles. The van der Waals surface area contributed by atoms with Crippen LogP contribution in [-0.4, -0.2) is 93.6 Å². The van der Waals surface area contributed by atoms with Crippen molar-refractivity contribution in [3.8, 4) is 0 Å². The van der Waals surface area contributed by atoms with Gasteiger partial charge in [0.05, 0.1) is 46.2 Å². The van der Waals surface area contributed by atoms with Gasteiger partial charge >= 0.3 is 23.9 Å². The van der Waals surface area contributed by atoms with Crippen LogP contribution in [0.25, 0.3) is 0 Å². The molecule has 1 heterocycles. The van der Waals surface area contributed by atoms with Gasteiger partial charge in [-0.1, -0.05) is 43.3 Å². The zero-order valence-electron chi connectivity index (χ0n) is 29.0. The monoisotopic (exact) mass is 692 g/mol. The molecule has 3 N–H and O–H groups in total. The maximum absolute atomic E-state index is 14.2. The van der Waals surface area contributed by atoms with Crippen molar-refractivity contribution in [2.45, 2.75) is 102 Å². The molecule has 10 atom stereocenters. The molecule has 268 valence electrons. The number of carbonyl (C=O) groups excluding carboxylic acids is 4. The van der Waals surface area contributed by atoms with Crippen LogP contribution in [0.15, 0.2) is 71.8 Å². The molecule has 4 aliphatic rings. The fraction of sp³-hybridized carbons (Fsp3) is 0.526. The highest BCUT2D eigenvalue weighted by Gasteiger charge is 2.80. The summed E-state index contributed by atoms with van der Waals surface area (Å²) in [6.07, 6.45) is -8.27. The van der Waals surface area contributed by atoms with E-state index >= 15 is 0 Å². The summed E-state index contributed by atoms with van der Waals surface area (Å²) in [6, 6.07) is 16.3. The van der Waals surface area contributed by atoms with Gasteiger partial charge in [0.15, 0.2) is 5.60 Å². The highest BCUT2D eigenvalue weighted by atomic mass is 16.6. The van der Waals surface area contributed by atoms with Crippen molar-refractivity contribution in [1.82, 2.24) is 0 Å². The van der Waals surface area contributed by atoms with E-state index in [0.29, 0.717) is 0 Å². The number of ether oxygens (including phenoxy) is 5. The molecule has 0 spiro atoms. The number of benzene rings is 2. The summed E-state index contributed by atoms with van der Waals surface area (Å²) in [7, 11) is 0. The number of aliphatic hydroxyl groups excluding tert-OH is 2. The molecule has 0 aromatic heterocycles. The van der Waals surface area contributed by atoms with Crippen LogP contribution in [-0.2, 0) is 33.3 Å². The van der Waals surface area contributed by atoms with E-state index in [-0.39, 0.29) is 41.7 Å². The number of rotatable bonds is 7. The fourth-order valence-electron chi connectivity index (χ4n) is 9.29. The summed E-state index contributed by atoms with van der Waals surface area (Å²) in [4.78, 5) is 53.9. The first-order chi connectivity index (χ1) is 23.5. The lowest BCUT2D eigenvalue weighted by molar-refractivity contribution is -0.351. The van der Waals surface area contributed by atoms with E-state index in [2.05, 4.69) is 0 Å². The largest absolute Gasteiger partial charge is 0.462 e. The Hall–Kier alpha value is -4.10. The van der Waals surface area contributed by atoms with Crippen molar-refractivity contribution >= 4 is 23.9 Å². The molecular formula is C38H44O12. The molecular weight excluding hydrogens is 648 g/mol. The molecule has 12 nitrogen and oxygen atoms in total. The number of fused-ring (bicyclic) bond motifs is 4. The lowest BCUT2D eigenvalue weighted by Crippen LogP contribution is -2.79. The summed E-state index contributed by atoms with van der Waals surface area (Å²) >= 11 is 0. The maximum atomic E-state index is 14.2. The molecule has 50 heavy (non-hydrogen) atoms. The van der Waals surface area contributed by atoms with Crippen LogP contribution in [0, 0.1) is 16.7 Å². The predicted molar refractivity (Wildman–Crippen MR) is 175 cm³/mol.